The molecule has 6 nitrogen and oxygen atoms in total. The van der Waals surface area contributed by atoms with Crippen LogP contribution in [-0.4, -0.2) is 29.4 Å². The van der Waals surface area contributed by atoms with Crippen molar-refractivity contribution in [1.82, 2.24) is 10.6 Å². The Morgan fingerprint density at radius 2 is 1.56 bits per heavy atom. The molecule has 2 aromatic rings. The number of aliphatic carboxylic acids is 1. The molecule has 0 radical (unpaired) electrons. The van der Waals surface area contributed by atoms with Gasteiger partial charge in [-0.05, 0) is 30.5 Å². The van der Waals surface area contributed by atoms with Gasteiger partial charge < -0.3 is 15.7 Å². The maximum Gasteiger partial charge on any atom is 0.311 e. The van der Waals surface area contributed by atoms with Gasteiger partial charge in [0.1, 0.15) is 0 Å². The number of rotatable bonds is 8. The third-order valence-electron chi connectivity index (χ3n) is 4.86. The number of nitrogens with one attached hydrogen (secondary N) is 2. The van der Waals surface area contributed by atoms with Gasteiger partial charge >= 0.3 is 5.97 Å². The molecule has 3 N–H and O–H groups in total. The molecule has 0 heterocycles. The van der Waals surface area contributed by atoms with Crippen LogP contribution in [0, 0.1) is 5.41 Å². The fraction of sp³-hybridized carbons (Fsp3) is 0.286. The standard InChI is InChI=1S/C21H22N2O4/c24-18(22-14-21(11-12-21)20(26)27)13-17(15-7-3-1-4-8-15)23-19(25)16-9-5-2-6-10-16/h1-10,17H,11-14H2,(H,22,24)(H,23,25)(H,26,27). The highest BCUT2D eigenvalue weighted by Crippen LogP contribution is 2.45. The van der Waals surface area contributed by atoms with E-state index < -0.39 is 17.4 Å². The molecule has 1 fully saturated rings. The van der Waals surface area contributed by atoms with Gasteiger partial charge in [-0.15, -0.1) is 0 Å². The Morgan fingerprint density at radius 1 is 0.963 bits per heavy atom. The van der Waals surface area contributed by atoms with Gasteiger partial charge in [0, 0.05) is 12.1 Å². The molecule has 1 atom stereocenters. The van der Waals surface area contributed by atoms with Crippen molar-refractivity contribution in [2.75, 3.05) is 6.54 Å². The molecule has 0 aliphatic heterocycles. The van der Waals surface area contributed by atoms with Crippen LogP contribution in [0.5, 0.6) is 0 Å². The Labute approximate surface area is 157 Å². The zero-order valence-electron chi connectivity index (χ0n) is 14.9. The number of carboxylic acid groups (broad SMARTS) is 1. The maximum atomic E-state index is 12.5. The highest BCUT2D eigenvalue weighted by atomic mass is 16.4. The van der Waals surface area contributed by atoms with Gasteiger partial charge in [-0.3, -0.25) is 14.4 Å². The van der Waals surface area contributed by atoms with Crippen molar-refractivity contribution < 1.29 is 19.5 Å². The minimum absolute atomic E-state index is 0.0400. The van der Waals surface area contributed by atoms with Gasteiger partial charge in [0.05, 0.1) is 17.9 Å². The Bertz CT molecular complexity index is 817. The van der Waals surface area contributed by atoms with E-state index in [0.29, 0.717) is 18.4 Å². The summed E-state index contributed by atoms with van der Waals surface area (Å²) in [5.41, 5.74) is 0.517. The van der Waals surface area contributed by atoms with Gasteiger partial charge in [-0.1, -0.05) is 48.5 Å². The lowest BCUT2D eigenvalue weighted by atomic mass is 10.0. The summed E-state index contributed by atoms with van der Waals surface area (Å²) in [6.45, 7) is 0.120. The molecular weight excluding hydrogens is 344 g/mol. The van der Waals surface area contributed by atoms with Crippen LogP contribution in [0.1, 0.15) is 41.2 Å². The van der Waals surface area contributed by atoms with E-state index in [1.54, 1.807) is 24.3 Å². The van der Waals surface area contributed by atoms with Crippen LogP contribution in [-0.2, 0) is 9.59 Å². The number of carboxylic acids is 1. The maximum absolute atomic E-state index is 12.5. The number of benzene rings is 2. The first kappa shape index (κ1) is 18.6. The zero-order valence-corrected chi connectivity index (χ0v) is 14.9. The summed E-state index contributed by atoms with van der Waals surface area (Å²) in [6.07, 6.45) is 1.20. The van der Waals surface area contributed by atoms with Gasteiger partial charge in [-0.25, -0.2) is 0 Å². The first-order valence-electron chi connectivity index (χ1n) is 8.91. The number of carbonyl (C=O) groups excluding carboxylic acids is 2. The minimum Gasteiger partial charge on any atom is -0.481 e. The summed E-state index contributed by atoms with van der Waals surface area (Å²) in [7, 11) is 0. The van der Waals surface area contributed by atoms with Crippen molar-refractivity contribution in [2.24, 2.45) is 5.41 Å². The molecule has 1 aliphatic carbocycles. The molecule has 0 saturated heterocycles. The molecule has 3 rings (SSSR count). The van der Waals surface area contributed by atoms with Crippen LogP contribution in [0.2, 0.25) is 0 Å². The predicted molar refractivity (Wildman–Crippen MR) is 100 cm³/mol. The molecule has 0 aromatic heterocycles. The summed E-state index contributed by atoms with van der Waals surface area (Å²) in [5, 5.41) is 14.8. The van der Waals surface area contributed by atoms with Gasteiger partial charge in [-0.2, -0.15) is 0 Å². The lowest BCUT2D eigenvalue weighted by molar-refractivity contribution is -0.143. The van der Waals surface area contributed by atoms with Crippen LogP contribution in [0.4, 0.5) is 0 Å². The highest BCUT2D eigenvalue weighted by Gasteiger charge is 2.50. The van der Waals surface area contributed by atoms with Gasteiger partial charge in [0.25, 0.3) is 5.91 Å². The Morgan fingerprint density at radius 3 is 2.11 bits per heavy atom. The molecule has 27 heavy (non-hydrogen) atoms. The van der Waals surface area contributed by atoms with Gasteiger partial charge in [0.2, 0.25) is 5.91 Å². The lowest BCUT2D eigenvalue weighted by Gasteiger charge is -2.20. The summed E-state index contributed by atoms with van der Waals surface area (Å²) in [6, 6.07) is 17.6. The predicted octanol–water partition coefficient (Wildman–Crippen LogP) is 2.53. The van der Waals surface area contributed by atoms with Crippen LogP contribution in [0.3, 0.4) is 0 Å². The fourth-order valence-electron chi connectivity index (χ4n) is 2.91. The molecule has 1 aliphatic rings. The molecule has 1 saturated carbocycles. The first-order valence-corrected chi connectivity index (χ1v) is 8.91. The van der Waals surface area contributed by atoms with E-state index in [2.05, 4.69) is 10.6 Å². The summed E-state index contributed by atoms with van der Waals surface area (Å²) in [5.74, 6) is -1.43. The van der Waals surface area contributed by atoms with Crippen LogP contribution in [0.15, 0.2) is 60.7 Å². The van der Waals surface area contributed by atoms with Crippen molar-refractivity contribution in [1.29, 1.82) is 0 Å². The van der Waals surface area contributed by atoms with Crippen molar-refractivity contribution >= 4 is 17.8 Å². The molecule has 2 aromatic carbocycles. The SMILES string of the molecule is O=C(CC(NC(=O)c1ccccc1)c1ccccc1)NCC1(C(=O)O)CC1. The Hall–Kier alpha value is -3.15. The number of carbonyl (C=O) groups is 3. The lowest BCUT2D eigenvalue weighted by Crippen LogP contribution is -2.37. The largest absolute Gasteiger partial charge is 0.481 e. The van der Waals surface area contributed by atoms with E-state index in [1.165, 1.54) is 0 Å². The van der Waals surface area contributed by atoms with Crippen molar-refractivity contribution in [3.63, 3.8) is 0 Å². The average molecular weight is 366 g/mol. The topological polar surface area (TPSA) is 95.5 Å². The Balaban J connectivity index is 1.66. The summed E-state index contributed by atoms with van der Waals surface area (Å²) < 4.78 is 0. The van der Waals surface area contributed by atoms with E-state index in [9.17, 15) is 19.5 Å². The first-order chi connectivity index (χ1) is 13.0. The molecular formula is C21H22N2O4. The number of hydrogen-bond acceptors (Lipinski definition) is 3. The average Bonchev–Trinajstić information content (AvgIpc) is 3.49. The Kier molecular flexibility index (Phi) is 5.54. The van der Waals surface area contributed by atoms with E-state index in [-0.39, 0.29) is 24.8 Å². The van der Waals surface area contributed by atoms with Gasteiger partial charge in [0.15, 0.2) is 0 Å². The fourth-order valence-corrected chi connectivity index (χ4v) is 2.91. The smallest absolute Gasteiger partial charge is 0.311 e. The third kappa shape index (κ3) is 4.73. The minimum atomic E-state index is -0.875. The second-order valence-corrected chi connectivity index (χ2v) is 6.87. The molecule has 0 bridgehead atoms. The molecule has 0 spiro atoms. The zero-order chi connectivity index (χ0) is 19.3. The summed E-state index contributed by atoms with van der Waals surface area (Å²) >= 11 is 0. The molecule has 140 valence electrons. The van der Waals surface area contributed by atoms with Crippen molar-refractivity contribution in [3.05, 3.63) is 71.8 Å². The molecule has 2 amide bonds. The molecule has 6 heteroatoms. The second-order valence-electron chi connectivity index (χ2n) is 6.87. The van der Waals surface area contributed by atoms with E-state index in [4.69, 9.17) is 0 Å². The third-order valence-corrected chi connectivity index (χ3v) is 4.86. The highest BCUT2D eigenvalue weighted by molar-refractivity contribution is 5.94. The monoisotopic (exact) mass is 366 g/mol. The van der Waals surface area contributed by atoms with Crippen LogP contribution in [0.25, 0.3) is 0 Å². The van der Waals surface area contributed by atoms with E-state index >= 15 is 0 Å². The van der Waals surface area contributed by atoms with E-state index in [1.807, 2.05) is 36.4 Å². The number of amides is 2. The molecule has 1 unspecified atom stereocenters. The second kappa shape index (κ2) is 8.03. The quantitative estimate of drug-likeness (QED) is 0.669. The number of hydrogen-bond donors (Lipinski definition) is 3. The van der Waals surface area contributed by atoms with E-state index in [0.717, 1.165) is 5.56 Å². The van der Waals surface area contributed by atoms with Crippen LogP contribution < -0.4 is 10.6 Å². The van der Waals surface area contributed by atoms with Crippen molar-refractivity contribution in [2.45, 2.75) is 25.3 Å². The summed E-state index contributed by atoms with van der Waals surface area (Å²) in [4.78, 5) is 36.1. The van der Waals surface area contributed by atoms with Crippen LogP contribution >= 0.6 is 0 Å². The van der Waals surface area contributed by atoms with Crippen molar-refractivity contribution in [3.8, 4) is 0 Å². The normalized spacial score (nSPS) is 15.4.